The lowest BCUT2D eigenvalue weighted by atomic mass is 9.94. The molecule has 2 aliphatic rings. The molecule has 0 radical (unpaired) electrons. The van der Waals surface area contributed by atoms with Gasteiger partial charge in [0.1, 0.15) is 0 Å². The number of amides is 2. The van der Waals surface area contributed by atoms with Crippen LogP contribution in [0, 0.1) is 0 Å². The number of carbonyl (C=O) groups excluding carboxylic acids is 2. The lowest BCUT2D eigenvalue weighted by Crippen LogP contribution is -2.48. The van der Waals surface area contributed by atoms with Crippen molar-refractivity contribution in [2.45, 2.75) is 63.5 Å². The molecule has 1 saturated heterocycles. The molecule has 3 N–H and O–H groups in total. The second-order valence-electron chi connectivity index (χ2n) is 6.09. The van der Waals surface area contributed by atoms with Gasteiger partial charge < -0.3 is 16.0 Å². The molecule has 1 aliphatic carbocycles. The quantitative estimate of drug-likeness (QED) is 0.793. The lowest BCUT2D eigenvalue weighted by Gasteiger charge is -2.32. The first-order valence-corrected chi connectivity index (χ1v) is 7.32. The van der Waals surface area contributed by atoms with Crippen LogP contribution in [0.2, 0.25) is 0 Å². The van der Waals surface area contributed by atoms with Crippen molar-refractivity contribution in [1.29, 1.82) is 0 Å². The topological polar surface area (TPSA) is 75.4 Å². The number of nitrogens with zero attached hydrogens (tertiary/aromatic N) is 1. The fourth-order valence-corrected chi connectivity index (χ4v) is 3.19. The molecule has 2 fully saturated rings. The van der Waals surface area contributed by atoms with Gasteiger partial charge in [-0.2, -0.15) is 0 Å². The van der Waals surface area contributed by atoms with Crippen molar-refractivity contribution in [2.75, 3.05) is 13.1 Å². The van der Waals surface area contributed by atoms with E-state index >= 15 is 0 Å². The Morgan fingerprint density at radius 1 is 1.26 bits per heavy atom. The van der Waals surface area contributed by atoms with Crippen LogP contribution in [0.15, 0.2) is 0 Å². The van der Waals surface area contributed by atoms with E-state index < -0.39 is 0 Å². The summed E-state index contributed by atoms with van der Waals surface area (Å²) in [5.41, 5.74) is 5.94. The maximum atomic E-state index is 12.0. The molecule has 0 aromatic rings. The van der Waals surface area contributed by atoms with Gasteiger partial charge in [0.15, 0.2) is 0 Å². The Hall–Kier alpha value is -1.10. The molecule has 108 valence electrons. The summed E-state index contributed by atoms with van der Waals surface area (Å²) in [6, 6.07) is 0.202. The van der Waals surface area contributed by atoms with E-state index in [9.17, 15) is 9.59 Å². The van der Waals surface area contributed by atoms with Gasteiger partial charge in [0.2, 0.25) is 11.8 Å². The van der Waals surface area contributed by atoms with Crippen molar-refractivity contribution in [3.8, 4) is 0 Å². The summed E-state index contributed by atoms with van der Waals surface area (Å²) >= 11 is 0. The minimum atomic E-state index is -0.274. The average Bonchev–Trinajstić information content (AvgIpc) is 2.76. The second-order valence-corrected chi connectivity index (χ2v) is 6.09. The van der Waals surface area contributed by atoms with Gasteiger partial charge in [0.25, 0.3) is 0 Å². The van der Waals surface area contributed by atoms with Crippen LogP contribution in [-0.4, -0.2) is 41.4 Å². The Morgan fingerprint density at radius 3 is 2.37 bits per heavy atom. The van der Waals surface area contributed by atoms with Crippen LogP contribution >= 0.6 is 0 Å². The summed E-state index contributed by atoms with van der Waals surface area (Å²) in [5, 5.41) is 3.07. The summed E-state index contributed by atoms with van der Waals surface area (Å²) in [5.74, 6) is 0.197. The Labute approximate surface area is 114 Å². The van der Waals surface area contributed by atoms with E-state index in [1.165, 1.54) is 0 Å². The van der Waals surface area contributed by atoms with Crippen molar-refractivity contribution < 1.29 is 9.59 Å². The first kappa shape index (κ1) is 14.3. The monoisotopic (exact) mass is 267 g/mol. The number of hydrogen-bond acceptors (Lipinski definition) is 3. The predicted octanol–water partition coefficient (Wildman–Crippen LogP) is 0.775. The molecule has 2 rings (SSSR count). The Kier molecular flexibility index (Phi) is 4.45. The summed E-state index contributed by atoms with van der Waals surface area (Å²) in [6.45, 7) is 3.08. The average molecular weight is 267 g/mol. The zero-order valence-corrected chi connectivity index (χ0v) is 11.8. The van der Waals surface area contributed by atoms with Crippen LogP contribution in [0.25, 0.3) is 0 Å². The summed E-state index contributed by atoms with van der Waals surface area (Å²) in [6.07, 6.45) is 6.35. The molecule has 0 spiro atoms. The molecule has 0 aromatic carbocycles. The van der Waals surface area contributed by atoms with Crippen molar-refractivity contribution in [2.24, 2.45) is 5.73 Å². The molecule has 0 atom stereocenters. The van der Waals surface area contributed by atoms with Gasteiger partial charge in [-0.3, -0.25) is 9.59 Å². The number of rotatable bonds is 3. The van der Waals surface area contributed by atoms with Gasteiger partial charge in [-0.1, -0.05) is 12.8 Å². The Morgan fingerprint density at radius 2 is 1.84 bits per heavy atom. The third-order valence-electron chi connectivity index (χ3n) is 4.42. The van der Waals surface area contributed by atoms with E-state index in [0.717, 1.165) is 51.6 Å². The highest BCUT2D eigenvalue weighted by molar-refractivity contribution is 5.77. The van der Waals surface area contributed by atoms with Crippen LogP contribution in [0.3, 0.4) is 0 Å². The smallest absolute Gasteiger partial charge is 0.222 e. The van der Waals surface area contributed by atoms with E-state index in [2.05, 4.69) is 5.32 Å². The number of piperidine rings is 1. The number of nitrogens with one attached hydrogen (secondary N) is 1. The van der Waals surface area contributed by atoms with Gasteiger partial charge in [0.05, 0.1) is 0 Å². The third kappa shape index (κ3) is 3.93. The normalized spacial score (nSPS) is 23.4. The number of hydrogen-bond donors (Lipinski definition) is 2. The molecular formula is C14H25N3O2. The zero-order chi connectivity index (χ0) is 13.9. The lowest BCUT2D eigenvalue weighted by molar-refractivity contribution is -0.130. The molecule has 1 aliphatic heterocycles. The van der Waals surface area contributed by atoms with Gasteiger partial charge in [0, 0.05) is 38.0 Å². The third-order valence-corrected chi connectivity index (χ3v) is 4.42. The Balaban J connectivity index is 1.73. The van der Waals surface area contributed by atoms with E-state index in [-0.39, 0.29) is 23.4 Å². The predicted molar refractivity (Wildman–Crippen MR) is 73.4 cm³/mol. The van der Waals surface area contributed by atoms with Crippen LogP contribution < -0.4 is 11.1 Å². The Bertz CT molecular complexity index is 343. The number of likely N-dealkylation sites (tertiary alicyclic amines) is 1. The standard InChI is InChI=1S/C14H25N3O2/c1-11(18)17-8-4-12(5-9-17)16-13(19)10-14(15)6-2-3-7-14/h12H,2-10,15H2,1H3,(H,16,19). The fourth-order valence-electron chi connectivity index (χ4n) is 3.19. The van der Waals surface area contributed by atoms with Crippen LogP contribution in [0.4, 0.5) is 0 Å². The highest BCUT2D eigenvalue weighted by Crippen LogP contribution is 2.30. The second kappa shape index (κ2) is 5.90. The molecule has 0 unspecified atom stereocenters. The van der Waals surface area contributed by atoms with E-state index in [1.54, 1.807) is 6.92 Å². The first-order chi connectivity index (χ1) is 8.98. The minimum absolute atomic E-state index is 0.0747. The molecule has 0 aromatic heterocycles. The van der Waals surface area contributed by atoms with Crippen LogP contribution in [0.5, 0.6) is 0 Å². The van der Waals surface area contributed by atoms with E-state index in [0.29, 0.717) is 6.42 Å². The zero-order valence-electron chi connectivity index (χ0n) is 11.8. The molecule has 5 nitrogen and oxygen atoms in total. The van der Waals surface area contributed by atoms with Gasteiger partial charge in [-0.25, -0.2) is 0 Å². The van der Waals surface area contributed by atoms with Crippen molar-refractivity contribution in [3.63, 3.8) is 0 Å². The van der Waals surface area contributed by atoms with Crippen molar-refractivity contribution in [1.82, 2.24) is 10.2 Å². The van der Waals surface area contributed by atoms with Crippen molar-refractivity contribution in [3.05, 3.63) is 0 Å². The molecule has 19 heavy (non-hydrogen) atoms. The number of nitrogens with two attached hydrogens (primary N) is 1. The molecule has 2 amide bonds. The molecule has 1 heterocycles. The molecular weight excluding hydrogens is 242 g/mol. The van der Waals surface area contributed by atoms with Gasteiger partial charge in [-0.15, -0.1) is 0 Å². The van der Waals surface area contributed by atoms with E-state index in [1.807, 2.05) is 4.90 Å². The highest BCUT2D eigenvalue weighted by Gasteiger charge is 2.32. The van der Waals surface area contributed by atoms with Crippen molar-refractivity contribution >= 4 is 11.8 Å². The molecule has 5 heteroatoms. The summed E-state index contributed by atoms with van der Waals surface area (Å²) in [4.78, 5) is 25.1. The first-order valence-electron chi connectivity index (χ1n) is 7.32. The number of carbonyl (C=O) groups is 2. The highest BCUT2D eigenvalue weighted by atomic mass is 16.2. The summed E-state index contributed by atoms with van der Waals surface area (Å²) < 4.78 is 0. The minimum Gasteiger partial charge on any atom is -0.353 e. The maximum Gasteiger partial charge on any atom is 0.222 e. The maximum absolute atomic E-state index is 12.0. The molecule has 0 bridgehead atoms. The van der Waals surface area contributed by atoms with E-state index in [4.69, 9.17) is 5.73 Å². The van der Waals surface area contributed by atoms with Gasteiger partial charge in [-0.05, 0) is 25.7 Å². The van der Waals surface area contributed by atoms with Crippen LogP contribution in [-0.2, 0) is 9.59 Å². The largest absolute Gasteiger partial charge is 0.353 e. The van der Waals surface area contributed by atoms with Gasteiger partial charge >= 0.3 is 0 Å². The summed E-state index contributed by atoms with van der Waals surface area (Å²) in [7, 11) is 0. The molecule has 1 saturated carbocycles. The van der Waals surface area contributed by atoms with Crippen LogP contribution in [0.1, 0.15) is 51.9 Å². The SMILES string of the molecule is CC(=O)N1CCC(NC(=O)CC2(N)CCCC2)CC1. The fraction of sp³-hybridized carbons (Fsp3) is 0.857.